The van der Waals surface area contributed by atoms with Crippen LogP contribution in [0.15, 0.2) is 29.2 Å². The third kappa shape index (κ3) is 2.41. The molecule has 0 aliphatic rings. The van der Waals surface area contributed by atoms with Gasteiger partial charge in [0.15, 0.2) is 0 Å². The van der Waals surface area contributed by atoms with Gasteiger partial charge in [-0.15, -0.1) is 11.8 Å². The molecule has 0 unspecified atom stereocenters. The molecular weight excluding hydrogens is 196 g/mol. The first kappa shape index (κ1) is 7.16. The Hall–Kier alpha value is 0.0500. The maximum atomic E-state index is 3.34. The molecule has 0 heterocycles. The number of hydrogen-bond acceptors (Lipinski definition) is 1. The van der Waals surface area contributed by atoms with E-state index in [1.165, 1.54) is 4.90 Å². The van der Waals surface area contributed by atoms with Crippen LogP contribution >= 0.6 is 27.7 Å². The summed E-state index contributed by atoms with van der Waals surface area (Å²) >= 11 is 5.11. The van der Waals surface area contributed by atoms with Crippen LogP contribution in [0, 0.1) is 6.07 Å². The molecule has 9 heavy (non-hydrogen) atoms. The van der Waals surface area contributed by atoms with Crippen molar-refractivity contribution in [2.45, 2.75) is 4.90 Å². The molecule has 1 aromatic rings. The third-order valence-corrected chi connectivity index (χ3v) is 2.31. The zero-order valence-electron chi connectivity index (χ0n) is 4.80. The van der Waals surface area contributed by atoms with Crippen molar-refractivity contribution in [2.24, 2.45) is 0 Å². The van der Waals surface area contributed by atoms with Crippen molar-refractivity contribution < 1.29 is 0 Å². The van der Waals surface area contributed by atoms with Gasteiger partial charge in [-0.3, -0.25) is 0 Å². The van der Waals surface area contributed by atoms with E-state index in [1.54, 1.807) is 11.8 Å². The quantitative estimate of drug-likeness (QED) is 0.524. The molecule has 0 saturated heterocycles. The first-order chi connectivity index (χ1) is 4.43. The lowest BCUT2D eigenvalue weighted by atomic mass is 10.4. The maximum absolute atomic E-state index is 3.34. The van der Waals surface area contributed by atoms with Crippen LogP contribution in [0.1, 0.15) is 0 Å². The second-order valence-corrected chi connectivity index (χ2v) is 3.84. The van der Waals surface area contributed by atoms with Gasteiger partial charge in [0.25, 0.3) is 0 Å². The molecule has 0 amide bonds. The summed E-state index contributed by atoms with van der Waals surface area (Å²) in [5, 5.41) is 0. The number of rotatable bonds is 2. The second kappa shape index (κ2) is 3.96. The van der Waals surface area contributed by atoms with E-state index in [9.17, 15) is 0 Å². The Morgan fingerprint density at radius 3 is 2.67 bits per heavy atom. The predicted molar refractivity (Wildman–Crippen MR) is 44.9 cm³/mol. The Balaban J connectivity index is 2.61. The molecule has 0 bridgehead atoms. The molecule has 2 heteroatoms. The zero-order chi connectivity index (χ0) is 6.53. The highest BCUT2D eigenvalue weighted by atomic mass is 79.9. The van der Waals surface area contributed by atoms with Gasteiger partial charge in [-0.25, -0.2) is 0 Å². The van der Waals surface area contributed by atoms with Crippen molar-refractivity contribution in [2.75, 3.05) is 4.66 Å². The Kier molecular flexibility index (Phi) is 3.15. The SMILES string of the molecule is BrCSc1cc[c]cc1. The van der Waals surface area contributed by atoms with Gasteiger partial charge in [0.1, 0.15) is 0 Å². The first-order valence-electron chi connectivity index (χ1n) is 2.58. The van der Waals surface area contributed by atoms with E-state index in [-0.39, 0.29) is 0 Å². The fourth-order valence-electron chi connectivity index (χ4n) is 0.531. The Morgan fingerprint density at radius 1 is 1.44 bits per heavy atom. The number of hydrogen-bond donors (Lipinski definition) is 0. The van der Waals surface area contributed by atoms with E-state index in [4.69, 9.17) is 0 Å². The first-order valence-corrected chi connectivity index (χ1v) is 4.69. The summed E-state index contributed by atoms with van der Waals surface area (Å²) in [6, 6.07) is 10.9. The van der Waals surface area contributed by atoms with Crippen LogP contribution in [-0.4, -0.2) is 4.66 Å². The number of benzene rings is 1. The van der Waals surface area contributed by atoms with Crippen LogP contribution in [-0.2, 0) is 0 Å². The topological polar surface area (TPSA) is 0 Å². The average Bonchev–Trinajstić information content (AvgIpc) is 1.91. The van der Waals surface area contributed by atoms with Gasteiger partial charge in [-0.1, -0.05) is 28.1 Å². The van der Waals surface area contributed by atoms with Crippen LogP contribution in [0.25, 0.3) is 0 Å². The second-order valence-electron chi connectivity index (χ2n) is 1.49. The lowest BCUT2D eigenvalue weighted by molar-refractivity contribution is 1.46. The van der Waals surface area contributed by atoms with Crippen LogP contribution in [0.4, 0.5) is 0 Å². The summed E-state index contributed by atoms with van der Waals surface area (Å²) < 4.78 is 0.955. The Bertz CT molecular complexity index is 162. The van der Waals surface area contributed by atoms with E-state index < -0.39 is 0 Å². The minimum absolute atomic E-state index is 0.955. The highest BCUT2D eigenvalue weighted by Gasteiger charge is 1.86. The van der Waals surface area contributed by atoms with Crippen molar-refractivity contribution in [3.63, 3.8) is 0 Å². The molecule has 47 valence electrons. The molecule has 0 aromatic heterocycles. The number of halogens is 1. The summed E-state index contributed by atoms with van der Waals surface area (Å²) in [5.41, 5.74) is 0. The monoisotopic (exact) mass is 201 g/mol. The van der Waals surface area contributed by atoms with Gasteiger partial charge < -0.3 is 0 Å². The molecule has 1 aromatic carbocycles. The smallest absolute Gasteiger partial charge is 0.0537 e. The molecule has 0 aliphatic heterocycles. The van der Waals surface area contributed by atoms with Gasteiger partial charge in [0.2, 0.25) is 0 Å². The predicted octanol–water partition coefficient (Wildman–Crippen LogP) is 2.93. The normalized spacial score (nSPS) is 9.44. The van der Waals surface area contributed by atoms with Crippen molar-refractivity contribution in [3.05, 3.63) is 30.3 Å². The zero-order valence-corrected chi connectivity index (χ0v) is 7.21. The fraction of sp³-hybridized carbons (Fsp3) is 0.143. The third-order valence-electron chi connectivity index (χ3n) is 0.909. The molecular formula is C7H6BrS. The lowest BCUT2D eigenvalue weighted by Crippen LogP contribution is -1.66. The van der Waals surface area contributed by atoms with Crippen LogP contribution in [0.2, 0.25) is 0 Å². The van der Waals surface area contributed by atoms with E-state index >= 15 is 0 Å². The van der Waals surface area contributed by atoms with Crippen LogP contribution in [0.3, 0.4) is 0 Å². The molecule has 0 spiro atoms. The van der Waals surface area contributed by atoms with Crippen molar-refractivity contribution in [1.82, 2.24) is 0 Å². The fourth-order valence-corrected chi connectivity index (χ4v) is 1.78. The van der Waals surface area contributed by atoms with E-state index in [1.807, 2.05) is 24.3 Å². The maximum Gasteiger partial charge on any atom is 0.0537 e. The Morgan fingerprint density at radius 2 is 2.11 bits per heavy atom. The van der Waals surface area contributed by atoms with E-state index in [0.717, 1.165) is 4.66 Å². The van der Waals surface area contributed by atoms with Crippen LogP contribution in [0.5, 0.6) is 0 Å². The average molecular weight is 202 g/mol. The van der Waals surface area contributed by atoms with E-state index in [2.05, 4.69) is 22.0 Å². The molecule has 0 fully saturated rings. The van der Waals surface area contributed by atoms with Crippen molar-refractivity contribution in [1.29, 1.82) is 0 Å². The van der Waals surface area contributed by atoms with E-state index in [0.29, 0.717) is 0 Å². The molecule has 0 saturated carbocycles. The molecule has 0 N–H and O–H groups in total. The summed E-state index contributed by atoms with van der Waals surface area (Å²) in [6.45, 7) is 0. The van der Waals surface area contributed by atoms with Gasteiger partial charge in [-0.05, 0) is 18.2 Å². The van der Waals surface area contributed by atoms with Crippen LogP contribution < -0.4 is 0 Å². The molecule has 1 radical (unpaired) electrons. The summed E-state index contributed by atoms with van der Waals surface area (Å²) in [4.78, 5) is 1.28. The highest BCUT2D eigenvalue weighted by molar-refractivity contribution is 9.11. The lowest BCUT2D eigenvalue weighted by Gasteiger charge is -1.92. The van der Waals surface area contributed by atoms with Gasteiger partial charge in [0, 0.05) is 4.90 Å². The number of thioether (sulfide) groups is 1. The molecule has 0 atom stereocenters. The largest absolute Gasteiger partial charge is 0.115 e. The minimum Gasteiger partial charge on any atom is -0.115 e. The highest BCUT2D eigenvalue weighted by Crippen LogP contribution is 2.17. The number of alkyl halides is 1. The summed E-state index contributed by atoms with van der Waals surface area (Å²) in [5.74, 6) is 0. The van der Waals surface area contributed by atoms with Gasteiger partial charge in [-0.2, -0.15) is 0 Å². The van der Waals surface area contributed by atoms with Crippen molar-refractivity contribution >= 4 is 27.7 Å². The summed E-state index contributed by atoms with van der Waals surface area (Å²) in [7, 11) is 0. The Labute approximate surface area is 67.8 Å². The van der Waals surface area contributed by atoms with Gasteiger partial charge in [0.05, 0.1) is 4.66 Å². The van der Waals surface area contributed by atoms with Gasteiger partial charge >= 0.3 is 0 Å². The molecule has 0 aliphatic carbocycles. The summed E-state index contributed by atoms with van der Waals surface area (Å²) in [6.07, 6.45) is 0. The standard InChI is InChI=1S/C7H6BrS/c8-6-9-7-4-2-1-3-5-7/h2-5H,6H2. The molecule has 1 rings (SSSR count). The minimum atomic E-state index is 0.955. The van der Waals surface area contributed by atoms with Crippen molar-refractivity contribution in [3.8, 4) is 0 Å². The molecule has 0 nitrogen and oxygen atoms in total.